The second kappa shape index (κ2) is 19.4. The van der Waals surface area contributed by atoms with Gasteiger partial charge in [0.05, 0.1) is 139 Å². The molecular formula is C68H30N12. The van der Waals surface area contributed by atoms with Gasteiger partial charge in [-0.3, -0.25) is 4.57 Å². The van der Waals surface area contributed by atoms with E-state index in [1.165, 1.54) is 0 Å². The molecule has 0 atom stereocenters. The van der Waals surface area contributed by atoms with Crippen LogP contribution in [-0.4, -0.2) is 14.1 Å². The van der Waals surface area contributed by atoms with Gasteiger partial charge in [0.25, 0.3) is 0 Å². The van der Waals surface area contributed by atoms with E-state index in [-0.39, 0.29) is 0 Å². The predicted octanol–water partition coefficient (Wildman–Crippen LogP) is 14.5. The summed E-state index contributed by atoms with van der Waals surface area (Å²) in [5.74, 6) is 0.492. The molecule has 0 N–H and O–H groups in total. The molecule has 3 heterocycles. The lowest BCUT2D eigenvalue weighted by molar-refractivity contribution is 1.06. The molecule has 0 bridgehead atoms. The van der Waals surface area contributed by atoms with Gasteiger partial charge in [0.15, 0.2) is 0 Å². The molecule has 0 aliphatic carbocycles. The van der Waals surface area contributed by atoms with Crippen LogP contribution in [0.15, 0.2) is 182 Å². The van der Waals surface area contributed by atoms with Crippen molar-refractivity contribution in [2.75, 3.05) is 0 Å². The number of hydrogen-bond acceptors (Lipinski definition) is 10. The van der Waals surface area contributed by atoms with Gasteiger partial charge in [0.1, 0.15) is 5.82 Å². The molecule has 0 saturated heterocycles. The lowest BCUT2D eigenvalue weighted by Crippen LogP contribution is -2.04. The molecule has 0 aliphatic heterocycles. The van der Waals surface area contributed by atoms with E-state index in [1.54, 1.807) is 91.1 Å². The summed E-state index contributed by atoms with van der Waals surface area (Å²) in [6.45, 7) is 0. The summed E-state index contributed by atoms with van der Waals surface area (Å²) in [5, 5.41) is 93.3. The van der Waals surface area contributed by atoms with Crippen LogP contribution in [-0.2, 0) is 0 Å². The third-order valence-corrected chi connectivity index (χ3v) is 14.3. The quantitative estimate of drug-likeness (QED) is 0.146. The maximum atomic E-state index is 10.0. The fraction of sp³-hybridized carbons (Fsp3) is 0. The largest absolute Gasteiger partial charge is 0.307 e. The van der Waals surface area contributed by atoms with Crippen molar-refractivity contribution in [1.29, 1.82) is 47.4 Å². The van der Waals surface area contributed by atoms with Gasteiger partial charge in [0, 0.05) is 27.1 Å². The molecule has 0 aliphatic rings. The molecule has 0 saturated carbocycles. The fourth-order valence-corrected chi connectivity index (χ4v) is 10.6. The molecule has 362 valence electrons. The first-order valence-corrected chi connectivity index (χ1v) is 24.7. The van der Waals surface area contributed by atoms with E-state index in [0.29, 0.717) is 89.4 Å². The number of aromatic nitrogens is 3. The summed E-state index contributed by atoms with van der Waals surface area (Å²) in [4.78, 5) is 5.35. The number of nitrogens with zero attached hydrogens (tertiary/aromatic N) is 12. The van der Waals surface area contributed by atoms with Crippen LogP contribution < -0.4 is 0 Å². The van der Waals surface area contributed by atoms with Gasteiger partial charge in [-0.25, -0.2) is 4.98 Å². The van der Waals surface area contributed by atoms with Crippen LogP contribution in [0.1, 0.15) is 50.1 Å². The average molecular weight is 1020 g/mol. The van der Waals surface area contributed by atoms with Gasteiger partial charge in [-0.15, -0.1) is 0 Å². The number of hydrogen-bond donors (Lipinski definition) is 0. The van der Waals surface area contributed by atoms with Crippen LogP contribution in [0.5, 0.6) is 0 Å². The van der Waals surface area contributed by atoms with Crippen molar-refractivity contribution in [1.82, 2.24) is 14.1 Å². The number of benzene rings is 9. The van der Waals surface area contributed by atoms with Crippen LogP contribution in [0.4, 0.5) is 0 Å². The predicted molar refractivity (Wildman–Crippen MR) is 303 cm³/mol. The average Bonchev–Trinajstić information content (AvgIpc) is 4.25. The van der Waals surface area contributed by atoms with Crippen molar-refractivity contribution in [3.8, 4) is 122 Å². The topological polar surface area (TPSA) is 237 Å². The SMILES string of the molecule is N#Cc1ccc(-c2cc(-n3c4cc(-c5cc(C#N)cc(C#N)c5)ccc4c4ccc(-c5cc(C#N)cc(C#N)c5)cc43)ncc2-n2c3cc(-c4cc(C#N)cc(C#N)c4)ccc3c3ccc(-c4cc(C#N)cc(C#N)c4)cc32)cc1. The number of rotatable bonds is 7. The normalized spacial score (nSPS) is 10.6. The minimum absolute atomic E-state index is 0.332. The molecule has 0 radical (unpaired) electrons. The summed E-state index contributed by atoms with van der Waals surface area (Å²) in [6, 6.07) is 72.9. The molecule has 0 fully saturated rings. The minimum atomic E-state index is 0.332. The number of nitriles is 9. The summed E-state index contributed by atoms with van der Waals surface area (Å²) in [6.07, 6.45) is 1.80. The standard InChI is InChI=1S/C68H30N12/c69-30-40-1-3-49(4-2-40)62-29-68(80-65-27-52(56-21-45(35-74)15-46(22-56)36-75)7-11-60(65)61-12-8-53(28-66(61)80)57-23-47(37-76)16-48(24-57)38-77)78-39-67(62)79-63-25-50(54-17-41(31-70)13-42(18-54)32-71)5-9-58(63)59-10-6-51(26-64(59)79)55-19-43(33-72)14-44(20-55)34-73/h1-29,39H. The van der Waals surface area contributed by atoms with Gasteiger partial charge in [-0.2, -0.15) is 47.4 Å². The highest BCUT2D eigenvalue weighted by Gasteiger charge is 2.23. The van der Waals surface area contributed by atoms with Crippen molar-refractivity contribution in [2.24, 2.45) is 0 Å². The van der Waals surface area contributed by atoms with Crippen LogP contribution >= 0.6 is 0 Å². The zero-order chi connectivity index (χ0) is 55.2. The summed E-state index contributed by atoms with van der Waals surface area (Å²) >= 11 is 0. The molecule has 9 aromatic carbocycles. The maximum absolute atomic E-state index is 10.0. The van der Waals surface area contributed by atoms with Gasteiger partial charge >= 0.3 is 0 Å². The third kappa shape index (κ3) is 8.26. The van der Waals surface area contributed by atoms with Gasteiger partial charge in [-0.05, 0) is 165 Å². The molecule has 3 aromatic heterocycles. The second-order valence-corrected chi connectivity index (χ2v) is 18.9. The third-order valence-electron chi connectivity index (χ3n) is 14.3. The highest BCUT2D eigenvalue weighted by atomic mass is 15.1. The Balaban J connectivity index is 1.18. The van der Waals surface area contributed by atoms with E-state index in [1.807, 2.05) is 95.6 Å². The minimum Gasteiger partial charge on any atom is -0.307 e. The smallest absolute Gasteiger partial charge is 0.138 e. The molecule has 80 heavy (non-hydrogen) atoms. The Bertz CT molecular complexity index is 4730. The Labute approximate surface area is 456 Å². The van der Waals surface area contributed by atoms with Crippen molar-refractivity contribution >= 4 is 43.6 Å². The van der Waals surface area contributed by atoms with E-state index >= 15 is 0 Å². The Kier molecular flexibility index (Phi) is 11.7. The lowest BCUT2D eigenvalue weighted by atomic mass is 9.98. The summed E-state index contributed by atoms with van der Waals surface area (Å²) < 4.78 is 4.14. The van der Waals surface area contributed by atoms with E-state index in [4.69, 9.17) is 4.98 Å². The van der Waals surface area contributed by atoms with Crippen molar-refractivity contribution in [3.63, 3.8) is 0 Å². The molecular weight excluding hydrogens is 985 g/mol. The van der Waals surface area contributed by atoms with E-state index in [9.17, 15) is 47.4 Å². The maximum Gasteiger partial charge on any atom is 0.138 e. The van der Waals surface area contributed by atoms with Gasteiger partial charge in [0.2, 0.25) is 0 Å². The molecule has 12 rings (SSSR count). The molecule has 0 unspecified atom stereocenters. The van der Waals surface area contributed by atoms with Gasteiger partial charge in [-0.1, -0.05) is 60.7 Å². The zero-order valence-corrected chi connectivity index (χ0v) is 41.7. The van der Waals surface area contributed by atoms with Crippen LogP contribution in [0, 0.1) is 102 Å². The highest BCUT2D eigenvalue weighted by molar-refractivity contribution is 6.13. The second-order valence-electron chi connectivity index (χ2n) is 18.9. The first kappa shape index (κ1) is 48.1. The molecule has 0 spiro atoms. The van der Waals surface area contributed by atoms with Crippen molar-refractivity contribution in [3.05, 3.63) is 232 Å². The Morgan fingerprint density at radius 1 is 0.250 bits per heavy atom. The summed E-state index contributed by atoms with van der Waals surface area (Å²) in [5.41, 5.74) is 13.8. The monoisotopic (exact) mass is 1010 g/mol. The summed E-state index contributed by atoms with van der Waals surface area (Å²) in [7, 11) is 0. The van der Waals surface area contributed by atoms with Crippen LogP contribution in [0.3, 0.4) is 0 Å². The molecule has 0 amide bonds. The molecule has 12 nitrogen and oxygen atoms in total. The first-order valence-electron chi connectivity index (χ1n) is 24.7. The van der Waals surface area contributed by atoms with Gasteiger partial charge < -0.3 is 4.57 Å². The Hall–Kier alpha value is -12.9. The van der Waals surface area contributed by atoms with E-state index in [0.717, 1.165) is 71.4 Å². The van der Waals surface area contributed by atoms with Crippen molar-refractivity contribution in [2.45, 2.75) is 0 Å². The first-order chi connectivity index (χ1) is 39.1. The zero-order valence-electron chi connectivity index (χ0n) is 41.7. The highest BCUT2D eigenvalue weighted by Crippen LogP contribution is 2.43. The number of pyridine rings is 1. The van der Waals surface area contributed by atoms with E-state index in [2.05, 4.69) is 59.2 Å². The molecule has 12 aromatic rings. The lowest BCUT2D eigenvalue weighted by Gasteiger charge is -2.17. The van der Waals surface area contributed by atoms with E-state index < -0.39 is 0 Å². The fourth-order valence-electron chi connectivity index (χ4n) is 10.6. The number of fused-ring (bicyclic) bond motifs is 6. The Morgan fingerprint density at radius 3 is 0.812 bits per heavy atom. The van der Waals surface area contributed by atoms with Crippen LogP contribution in [0.2, 0.25) is 0 Å². The Morgan fingerprint density at radius 2 is 0.525 bits per heavy atom. The van der Waals surface area contributed by atoms with Crippen LogP contribution in [0.25, 0.3) is 111 Å². The van der Waals surface area contributed by atoms with Crippen molar-refractivity contribution < 1.29 is 0 Å². The molecule has 12 heteroatoms.